The third-order valence-corrected chi connectivity index (χ3v) is 2.23. The zero-order valence-electron chi connectivity index (χ0n) is 7.96. The number of rotatable bonds is 2. The summed E-state index contributed by atoms with van der Waals surface area (Å²) in [5.41, 5.74) is -4.28. The molecule has 0 aromatic carbocycles. The quantitative estimate of drug-likeness (QED) is 0.653. The molecule has 0 radical (unpaired) electrons. The van der Waals surface area contributed by atoms with E-state index in [1.165, 1.54) is 0 Å². The van der Waals surface area contributed by atoms with E-state index in [2.05, 4.69) is 0 Å². The van der Waals surface area contributed by atoms with E-state index in [0.717, 1.165) is 0 Å². The summed E-state index contributed by atoms with van der Waals surface area (Å²) in [6.07, 6.45) is -6.54. The Kier molecular flexibility index (Phi) is 3.08. The molecule has 7 heteroatoms. The third kappa shape index (κ3) is 1.72. The number of allylic oxidation sites excluding steroid dienone is 4. The first kappa shape index (κ1) is 13.1. The summed E-state index contributed by atoms with van der Waals surface area (Å²) in [4.78, 5) is 0. The third-order valence-electron chi connectivity index (χ3n) is 2.23. The fourth-order valence-electron chi connectivity index (χ4n) is 1.21. The molecule has 0 saturated carbocycles. The topological polar surface area (TPSA) is 0 Å². The fraction of sp³-hybridized carbons (Fsp3) is 0.556. The zero-order valence-corrected chi connectivity index (χ0v) is 7.96. The van der Waals surface area contributed by atoms with E-state index >= 15 is 0 Å². The fourth-order valence-corrected chi connectivity index (χ4v) is 1.21. The lowest BCUT2D eigenvalue weighted by molar-refractivity contribution is -0.148. The Balaban J connectivity index is 3.25. The van der Waals surface area contributed by atoms with E-state index in [-0.39, 0.29) is 6.08 Å². The smallest absolute Gasteiger partial charge is 0.241 e. The predicted molar refractivity (Wildman–Crippen MR) is 42.6 cm³/mol. The molecule has 0 saturated heterocycles. The average molecular weight is 248 g/mol. The van der Waals surface area contributed by atoms with Gasteiger partial charge in [-0.05, 0) is 13.0 Å². The summed E-state index contributed by atoms with van der Waals surface area (Å²) >= 11 is 0. The van der Waals surface area contributed by atoms with Gasteiger partial charge >= 0.3 is 5.92 Å². The van der Waals surface area contributed by atoms with Gasteiger partial charge in [-0.25, -0.2) is 22.0 Å². The van der Waals surface area contributed by atoms with Crippen LogP contribution in [0.5, 0.6) is 0 Å². The molecule has 1 rings (SSSR count). The monoisotopic (exact) mass is 248 g/mol. The van der Waals surface area contributed by atoms with Gasteiger partial charge in [-0.3, -0.25) is 0 Å². The van der Waals surface area contributed by atoms with Crippen LogP contribution in [0.2, 0.25) is 0 Å². The molecule has 92 valence electrons. The first-order valence-corrected chi connectivity index (χ1v) is 4.24. The number of hydrogen-bond donors (Lipinski definition) is 0. The van der Waals surface area contributed by atoms with Crippen LogP contribution in [-0.2, 0) is 0 Å². The second kappa shape index (κ2) is 3.78. The molecule has 0 spiro atoms. The normalized spacial score (nSPS) is 33.1. The first-order valence-electron chi connectivity index (χ1n) is 4.24. The van der Waals surface area contributed by atoms with Gasteiger partial charge in [0.25, 0.3) is 0 Å². The molecule has 1 aliphatic carbocycles. The molecule has 0 aliphatic heterocycles. The van der Waals surface area contributed by atoms with E-state index in [4.69, 9.17) is 0 Å². The Morgan fingerprint density at radius 2 is 1.88 bits per heavy atom. The maximum Gasteiger partial charge on any atom is 0.321 e. The molecular weight excluding hydrogens is 241 g/mol. The van der Waals surface area contributed by atoms with Crippen molar-refractivity contribution in [2.45, 2.75) is 30.9 Å². The molecule has 0 aromatic heterocycles. The van der Waals surface area contributed by atoms with Crippen molar-refractivity contribution in [3.63, 3.8) is 0 Å². The standard InChI is InChI=1S/C9H7F7/c1-4(10)9(15,16)8(14)3-6(12)5(11)2-7(8)13/h2-5H,1H3. The van der Waals surface area contributed by atoms with Gasteiger partial charge in [0.15, 0.2) is 12.3 Å². The van der Waals surface area contributed by atoms with Gasteiger partial charge in [0.2, 0.25) is 5.67 Å². The van der Waals surface area contributed by atoms with E-state index in [0.29, 0.717) is 6.92 Å². The van der Waals surface area contributed by atoms with E-state index < -0.39 is 41.7 Å². The second-order valence-electron chi connectivity index (χ2n) is 3.40. The second-order valence-corrected chi connectivity index (χ2v) is 3.40. The lowest BCUT2D eigenvalue weighted by Gasteiger charge is -2.32. The molecule has 3 atom stereocenters. The summed E-state index contributed by atoms with van der Waals surface area (Å²) in [7, 11) is 0. The van der Waals surface area contributed by atoms with Crippen LogP contribution < -0.4 is 0 Å². The number of halogens is 7. The van der Waals surface area contributed by atoms with Crippen LogP contribution in [0, 0.1) is 0 Å². The molecule has 0 nitrogen and oxygen atoms in total. The van der Waals surface area contributed by atoms with Gasteiger partial charge in [0.1, 0.15) is 11.7 Å². The summed E-state index contributed by atoms with van der Waals surface area (Å²) in [5, 5.41) is 0. The molecule has 0 N–H and O–H groups in total. The van der Waals surface area contributed by atoms with Gasteiger partial charge in [-0.1, -0.05) is 0 Å². The van der Waals surface area contributed by atoms with Crippen LogP contribution >= 0.6 is 0 Å². The molecule has 0 amide bonds. The van der Waals surface area contributed by atoms with Crippen molar-refractivity contribution >= 4 is 0 Å². The van der Waals surface area contributed by atoms with E-state index in [9.17, 15) is 30.7 Å². The van der Waals surface area contributed by atoms with E-state index in [1.807, 2.05) is 0 Å². The Labute approximate surface area is 86.4 Å². The van der Waals surface area contributed by atoms with Crippen molar-refractivity contribution in [3.8, 4) is 0 Å². The Morgan fingerprint density at radius 1 is 1.38 bits per heavy atom. The van der Waals surface area contributed by atoms with Crippen LogP contribution in [0.25, 0.3) is 0 Å². The maximum atomic E-state index is 13.5. The maximum absolute atomic E-state index is 13.5. The van der Waals surface area contributed by atoms with Crippen LogP contribution in [-0.4, -0.2) is 23.9 Å². The lowest BCUT2D eigenvalue weighted by Crippen LogP contribution is -2.50. The van der Waals surface area contributed by atoms with Crippen molar-refractivity contribution in [3.05, 3.63) is 23.8 Å². The predicted octanol–water partition coefficient (Wildman–Crippen LogP) is 3.75. The van der Waals surface area contributed by atoms with Crippen molar-refractivity contribution in [2.24, 2.45) is 0 Å². The van der Waals surface area contributed by atoms with Crippen LogP contribution in [0.1, 0.15) is 6.92 Å². The molecule has 0 heterocycles. The highest BCUT2D eigenvalue weighted by Gasteiger charge is 2.62. The lowest BCUT2D eigenvalue weighted by atomic mass is 9.88. The van der Waals surface area contributed by atoms with Gasteiger partial charge < -0.3 is 0 Å². The van der Waals surface area contributed by atoms with Crippen LogP contribution in [0.15, 0.2) is 23.8 Å². The van der Waals surface area contributed by atoms with Crippen LogP contribution in [0.3, 0.4) is 0 Å². The highest BCUT2D eigenvalue weighted by molar-refractivity contribution is 5.35. The number of hydrogen-bond acceptors (Lipinski definition) is 0. The van der Waals surface area contributed by atoms with Crippen molar-refractivity contribution < 1.29 is 30.7 Å². The van der Waals surface area contributed by atoms with Crippen LogP contribution in [0.4, 0.5) is 30.7 Å². The van der Waals surface area contributed by atoms with E-state index in [1.54, 1.807) is 0 Å². The Bertz CT molecular complexity index is 344. The summed E-state index contributed by atoms with van der Waals surface area (Å²) in [5.74, 6) is -8.97. The zero-order chi connectivity index (χ0) is 12.7. The minimum Gasteiger partial charge on any atom is -0.241 e. The molecular formula is C9H7F7. The van der Waals surface area contributed by atoms with Gasteiger partial charge in [-0.15, -0.1) is 0 Å². The Hall–Kier alpha value is -1.01. The average Bonchev–Trinajstić information content (AvgIpc) is 2.14. The summed E-state index contributed by atoms with van der Waals surface area (Å²) in [6.45, 7) is 0.294. The molecule has 0 aromatic rings. The Morgan fingerprint density at radius 3 is 2.31 bits per heavy atom. The largest absolute Gasteiger partial charge is 0.321 e. The molecule has 0 fully saturated rings. The van der Waals surface area contributed by atoms with Crippen molar-refractivity contribution in [2.75, 3.05) is 0 Å². The molecule has 3 unspecified atom stereocenters. The van der Waals surface area contributed by atoms with Crippen molar-refractivity contribution in [1.82, 2.24) is 0 Å². The summed E-state index contributed by atoms with van der Waals surface area (Å²) < 4.78 is 90.0. The van der Waals surface area contributed by atoms with Crippen molar-refractivity contribution in [1.29, 1.82) is 0 Å². The molecule has 16 heavy (non-hydrogen) atoms. The SMILES string of the molecule is CC(F)C(F)(F)C1(F)C=C(F)C(F)C=C1F. The first-order chi connectivity index (χ1) is 7.13. The highest BCUT2D eigenvalue weighted by atomic mass is 19.3. The van der Waals surface area contributed by atoms with Gasteiger partial charge in [-0.2, -0.15) is 8.78 Å². The van der Waals surface area contributed by atoms with Gasteiger partial charge in [0, 0.05) is 6.08 Å². The molecule has 0 bridgehead atoms. The minimum atomic E-state index is -4.81. The molecule has 1 aliphatic rings. The highest BCUT2D eigenvalue weighted by Crippen LogP contribution is 2.47. The number of alkyl halides is 5. The summed E-state index contributed by atoms with van der Waals surface area (Å²) in [6, 6.07) is 0. The van der Waals surface area contributed by atoms with Gasteiger partial charge in [0.05, 0.1) is 0 Å². The minimum absolute atomic E-state index is 0.286.